The molecule has 0 saturated heterocycles. The number of amides is 1. The van der Waals surface area contributed by atoms with E-state index < -0.39 is 34.3 Å². The zero-order valence-electron chi connectivity index (χ0n) is 18.1. The number of hydrogen-bond donors (Lipinski definition) is 1. The molecule has 0 aromatic heterocycles. The predicted molar refractivity (Wildman–Crippen MR) is 131 cm³/mol. The molecule has 0 atom stereocenters. The van der Waals surface area contributed by atoms with Gasteiger partial charge in [0.2, 0.25) is 5.91 Å². The maximum Gasteiger partial charge on any atom is 0.337 e. The molecule has 0 saturated carbocycles. The Hall–Kier alpha value is -3.08. The summed E-state index contributed by atoms with van der Waals surface area (Å²) in [5, 5.41) is 2.64. The Bertz CT molecular complexity index is 1320. The Morgan fingerprint density at radius 1 is 1.09 bits per heavy atom. The Balaban J connectivity index is 1.95. The van der Waals surface area contributed by atoms with Crippen LogP contribution in [-0.4, -0.2) is 40.2 Å². The first-order valence-corrected chi connectivity index (χ1v) is 12.8. The summed E-state index contributed by atoms with van der Waals surface area (Å²) >= 11 is 7.57. The highest BCUT2D eigenvalue weighted by Gasteiger charge is 2.28. The van der Waals surface area contributed by atoms with Crippen LogP contribution in [0.2, 0.25) is 5.02 Å². The van der Waals surface area contributed by atoms with Crippen LogP contribution in [0.15, 0.2) is 76.5 Å². The van der Waals surface area contributed by atoms with E-state index >= 15 is 0 Å². The van der Waals surface area contributed by atoms with Gasteiger partial charge in [-0.2, -0.15) is 0 Å². The smallest absolute Gasteiger partial charge is 0.337 e. The number of hydrogen-bond acceptors (Lipinski definition) is 6. The van der Waals surface area contributed by atoms with Crippen LogP contribution in [0.25, 0.3) is 0 Å². The second-order valence-electron chi connectivity index (χ2n) is 6.90. The number of nitrogens with one attached hydrogen (secondary N) is 1. The molecule has 0 bridgehead atoms. The second kappa shape index (κ2) is 10.9. The first kappa shape index (κ1) is 25.5. The molecule has 3 aromatic carbocycles. The third kappa shape index (κ3) is 5.88. The van der Waals surface area contributed by atoms with Gasteiger partial charge in [0.1, 0.15) is 12.4 Å². The lowest BCUT2D eigenvalue weighted by Gasteiger charge is -2.24. The summed E-state index contributed by atoms with van der Waals surface area (Å²) in [5.41, 5.74) is 0.208. The first-order valence-electron chi connectivity index (χ1n) is 9.76. The van der Waals surface area contributed by atoms with Crippen LogP contribution in [0.1, 0.15) is 10.4 Å². The summed E-state index contributed by atoms with van der Waals surface area (Å²) in [6.45, 7) is -0.672. The van der Waals surface area contributed by atoms with E-state index in [4.69, 9.17) is 11.6 Å². The van der Waals surface area contributed by atoms with Crippen LogP contribution in [-0.2, 0) is 19.6 Å². The van der Waals surface area contributed by atoms with E-state index in [1.54, 1.807) is 12.1 Å². The number of halogens is 2. The number of sulfonamides is 1. The van der Waals surface area contributed by atoms with Crippen molar-refractivity contribution < 1.29 is 27.1 Å². The van der Waals surface area contributed by atoms with Gasteiger partial charge in [0.15, 0.2) is 0 Å². The number of thioether (sulfide) groups is 1. The predicted octanol–water partition coefficient (Wildman–Crippen LogP) is 4.82. The van der Waals surface area contributed by atoms with E-state index in [9.17, 15) is 22.4 Å². The maximum absolute atomic E-state index is 13.9. The number of ether oxygens (including phenoxy) is 1. The van der Waals surface area contributed by atoms with Crippen LogP contribution < -0.4 is 9.62 Å². The van der Waals surface area contributed by atoms with Gasteiger partial charge < -0.3 is 10.1 Å². The van der Waals surface area contributed by atoms with E-state index in [2.05, 4.69) is 10.1 Å². The highest BCUT2D eigenvalue weighted by atomic mass is 35.5. The van der Waals surface area contributed by atoms with E-state index in [0.717, 1.165) is 15.3 Å². The lowest BCUT2D eigenvalue weighted by atomic mass is 10.2. The molecule has 3 rings (SSSR count). The normalized spacial score (nSPS) is 11.1. The van der Waals surface area contributed by atoms with Gasteiger partial charge in [-0.25, -0.2) is 17.6 Å². The zero-order chi connectivity index (χ0) is 24.9. The Labute approximate surface area is 205 Å². The molecule has 0 fully saturated rings. The molecule has 1 N–H and O–H groups in total. The number of rotatable bonds is 8. The van der Waals surface area contributed by atoms with Crippen LogP contribution >= 0.6 is 23.4 Å². The van der Waals surface area contributed by atoms with Crippen LogP contribution in [0.4, 0.5) is 15.8 Å². The number of carbonyl (C=O) groups is 2. The van der Waals surface area contributed by atoms with Crippen LogP contribution in [0.3, 0.4) is 0 Å². The summed E-state index contributed by atoms with van der Waals surface area (Å²) in [5.74, 6) is -2.05. The molecule has 7 nitrogen and oxygen atoms in total. The van der Waals surface area contributed by atoms with Crippen molar-refractivity contribution in [3.63, 3.8) is 0 Å². The molecular formula is C23H20ClFN2O5S2. The largest absolute Gasteiger partial charge is 0.465 e. The minimum Gasteiger partial charge on any atom is -0.465 e. The molecule has 0 heterocycles. The lowest BCUT2D eigenvalue weighted by Crippen LogP contribution is -2.38. The summed E-state index contributed by atoms with van der Waals surface area (Å²) < 4.78 is 46.2. The zero-order valence-corrected chi connectivity index (χ0v) is 20.5. The number of anilines is 2. The molecule has 0 unspecified atom stereocenters. The van der Waals surface area contributed by atoms with Gasteiger partial charge in [-0.1, -0.05) is 17.7 Å². The fraction of sp³-hybridized carbons (Fsp3) is 0.130. The van der Waals surface area contributed by atoms with Gasteiger partial charge in [0.05, 0.1) is 34.0 Å². The van der Waals surface area contributed by atoms with Crippen molar-refractivity contribution in [3.05, 3.63) is 83.1 Å². The second-order valence-corrected chi connectivity index (χ2v) is 10.1. The van der Waals surface area contributed by atoms with Gasteiger partial charge in [0.25, 0.3) is 10.0 Å². The Morgan fingerprint density at radius 2 is 1.79 bits per heavy atom. The molecule has 0 radical (unpaired) electrons. The third-order valence-electron chi connectivity index (χ3n) is 4.69. The monoisotopic (exact) mass is 522 g/mol. The Morgan fingerprint density at radius 3 is 2.41 bits per heavy atom. The molecule has 11 heteroatoms. The molecule has 0 aliphatic heterocycles. The minimum atomic E-state index is -4.23. The highest BCUT2D eigenvalue weighted by molar-refractivity contribution is 7.98. The van der Waals surface area contributed by atoms with Gasteiger partial charge in [-0.05, 0) is 66.9 Å². The van der Waals surface area contributed by atoms with Crippen molar-refractivity contribution in [2.24, 2.45) is 0 Å². The fourth-order valence-corrected chi connectivity index (χ4v) is 4.99. The van der Waals surface area contributed by atoms with Crippen LogP contribution in [0, 0.1) is 5.82 Å². The molecule has 0 spiro atoms. The van der Waals surface area contributed by atoms with Crippen molar-refractivity contribution in [3.8, 4) is 0 Å². The van der Waals surface area contributed by atoms with Gasteiger partial charge in [-0.15, -0.1) is 11.8 Å². The number of nitrogens with zero attached hydrogens (tertiary/aromatic N) is 1. The maximum atomic E-state index is 13.9. The lowest BCUT2D eigenvalue weighted by molar-refractivity contribution is -0.114. The number of esters is 1. The van der Waals surface area contributed by atoms with Crippen molar-refractivity contribution in [1.82, 2.24) is 0 Å². The van der Waals surface area contributed by atoms with E-state index in [0.29, 0.717) is 0 Å². The topological polar surface area (TPSA) is 92.8 Å². The standard InChI is InChI=1S/C23H20ClFN2O5S2/c1-32-23(29)15-6-11-20(24)21(12-15)26-22(28)14-27(17-5-3-4-16(25)13-17)34(30,31)19-9-7-18(33-2)8-10-19/h3-13H,14H2,1-2H3,(H,26,28). The minimum absolute atomic E-state index is 0.0292. The van der Waals surface area contributed by atoms with Gasteiger partial charge in [-0.3, -0.25) is 9.10 Å². The number of carbonyl (C=O) groups excluding carboxylic acids is 2. The molecule has 0 aliphatic carbocycles. The van der Waals surface area contributed by atoms with E-state index in [1.165, 1.54) is 67.4 Å². The first-order chi connectivity index (χ1) is 16.1. The molecule has 3 aromatic rings. The van der Waals surface area contributed by atoms with Crippen molar-refractivity contribution in [2.75, 3.05) is 29.5 Å². The van der Waals surface area contributed by atoms with E-state index in [1.807, 2.05) is 6.26 Å². The van der Waals surface area contributed by atoms with E-state index in [-0.39, 0.29) is 26.9 Å². The Kier molecular flexibility index (Phi) is 8.19. The SMILES string of the molecule is COC(=O)c1ccc(Cl)c(NC(=O)CN(c2cccc(F)c2)S(=O)(=O)c2ccc(SC)cc2)c1. The van der Waals surface area contributed by atoms with Crippen molar-refractivity contribution in [2.45, 2.75) is 9.79 Å². The van der Waals surface area contributed by atoms with Crippen molar-refractivity contribution >= 4 is 56.6 Å². The highest BCUT2D eigenvalue weighted by Crippen LogP contribution is 2.27. The number of methoxy groups -OCH3 is 1. The summed E-state index contributed by atoms with van der Waals surface area (Å²) in [6.07, 6.45) is 1.85. The van der Waals surface area contributed by atoms with Crippen LogP contribution in [0.5, 0.6) is 0 Å². The molecule has 178 valence electrons. The quantitative estimate of drug-likeness (QED) is 0.337. The summed E-state index contributed by atoms with van der Waals surface area (Å²) in [7, 11) is -3.02. The summed E-state index contributed by atoms with van der Waals surface area (Å²) in [4.78, 5) is 25.5. The number of benzene rings is 3. The average Bonchev–Trinajstić information content (AvgIpc) is 2.83. The molecular weight excluding hydrogens is 503 g/mol. The summed E-state index contributed by atoms with van der Waals surface area (Å²) in [6, 6.07) is 15.2. The van der Waals surface area contributed by atoms with Gasteiger partial charge in [0, 0.05) is 4.90 Å². The molecule has 1 amide bonds. The molecule has 0 aliphatic rings. The van der Waals surface area contributed by atoms with Crippen molar-refractivity contribution in [1.29, 1.82) is 0 Å². The molecule has 34 heavy (non-hydrogen) atoms. The fourth-order valence-electron chi connectivity index (χ4n) is 3.01. The van der Waals surface area contributed by atoms with Gasteiger partial charge >= 0.3 is 5.97 Å². The average molecular weight is 523 g/mol. The third-order valence-corrected chi connectivity index (χ3v) is 7.55.